The summed E-state index contributed by atoms with van der Waals surface area (Å²) in [4.78, 5) is 50.9. The molecule has 1 heterocycles. The minimum Gasteiger partial charge on any atom is -0.508 e. The number of hydrogen-bond acceptors (Lipinski definition) is 7. The van der Waals surface area contributed by atoms with Crippen molar-refractivity contribution in [1.29, 1.82) is 0 Å². The maximum Gasteiger partial charge on any atom is 0.326 e. The first-order valence-corrected chi connectivity index (χ1v) is 12.5. The predicted molar refractivity (Wildman–Crippen MR) is 143 cm³/mol. The second-order valence-electron chi connectivity index (χ2n) is 9.54. The van der Waals surface area contributed by atoms with Gasteiger partial charge in [0.1, 0.15) is 29.6 Å². The molecule has 0 aliphatic carbocycles. The van der Waals surface area contributed by atoms with Gasteiger partial charge in [-0.3, -0.25) is 14.4 Å². The molecule has 3 aromatic rings. The largest absolute Gasteiger partial charge is 0.508 e. The molecule has 208 valence electrons. The van der Waals surface area contributed by atoms with E-state index in [4.69, 9.17) is 4.74 Å². The lowest BCUT2D eigenvalue weighted by Gasteiger charge is -2.25. The number of hydrogen-bond donors (Lipinski definition) is 6. The Morgan fingerprint density at radius 2 is 1.65 bits per heavy atom. The van der Waals surface area contributed by atoms with Crippen molar-refractivity contribution in [3.63, 3.8) is 0 Å². The average molecular weight is 548 g/mol. The Hall–Kier alpha value is -5.06. The molecular formula is C29H29N3O8. The summed E-state index contributed by atoms with van der Waals surface area (Å²) in [5.41, 5.74) is 1.72. The molecule has 1 aliphatic heterocycles. The molecule has 4 rings (SSSR count). The van der Waals surface area contributed by atoms with Gasteiger partial charge in [0.05, 0.1) is 0 Å². The predicted octanol–water partition coefficient (Wildman–Crippen LogP) is 1.79. The van der Waals surface area contributed by atoms with Crippen LogP contribution in [0, 0.1) is 0 Å². The molecule has 3 aromatic carbocycles. The molecule has 3 amide bonds. The van der Waals surface area contributed by atoms with Crippen molar-refractivity contribution in [3.8, 4) is 23.0 Å². The highest BCUT2D eigenvalue weighted by molar-refractivity contribution is 5.93. The fourth-order valence-corrected chi connectivity index (χ4v) is 4.38. The van der Waals surface area contributed by atoms with Crippen LogP contribution in [-0.2, 0) is 38.4 Å². The monoisotopic (exact) mass is 547 g/mol. The normalized spacial score (nSPS) is 19.5. The zero-order chi connectivity index (χ0) is 28.8. The number of rotatable bonds is 4. The van der Waals surface area contributed by atoms with E-state index in [0.29, 0.717) is 22.4 Å². The number of phenolic OH excluding ortho intramolecular Hbond substituents is 2. The molecule has 6 N–H and O–H groups in total. The third kappa shape index (κ3) is 7.28. The summed E-state index contributed by atoms with van der Waals surface area (Å²) in [5, 5.41) is 37.6. The van der Waals surface area contributed by atoms with E-state index in [2.05, 4.69) is 16.0 Å². The number of nitrogens with one attached hydrogen (secondary N) is 3. The molecule has 40 heavy (non-hydrogen) atoms. The number of fused-ring (bicyclic) bond motifs is 4. The zero-order valence-corrected chi connectivity index (χ0v) is 21.6. The van der Waals surface area contributed by atoms with Gasteiger partial charge in [-0.15, -0.1) is 0 Å². The standard InChI is InChI=1S/C29H29N3O8/c1-16(33)30-22-13-18-3-2-4-21(11-18)40-26-15-19(7-10-25(26)35)14-24(29(38)39)32-28(37)23(31-27(22)36)12-17-5-8-20(34)9-6-17/h2-11,15,22-24,34-35H,12-14H2,1H3,(H,30,33)(H,31,36)(H,32,37)(H,38,39). The van der Waals surface area contributed by atoms with Gasteiger partial charge in [0.2, 0.25) is 17.7 Å². The van der Waals surface area contributed by atoms with Crippen molar-refractivity contribution < 1.29 is 39.2 Å². The molecule has 1 aliphatic rings. The molecule has 0 saturated carbocycles. The Morgan fingerprint density at radius 3 is 2.35 bits per heavy atom. The van der Waals surface area contributed by atoms with Crippen LogP contribution in [0.15, 0.2) is 66.7 Å². The average Bonchev–Trinajstić information content (AvgIpc) is 2.90. The van der Waals surface area contributed by atoms with Crippen molar-refractivity contribution in [3.05, 3.63) is 83.4 Å². The Bertz CT molecular complexity index is 1420. The molecule has 0 saturated heterocycles. The number of carbonyl (C=O) groups is 4. The molecule has 0 spiro atoms. The highest BCUT2D eigenvalue weighted by Gasteiger charge is 2.30. The number of carbonyl (C=O) groups excluding carboxylic acids is 3. The van der Waals surface area contributed by atoms with Crippen LogP contribution < -0.4 is 20.7 Å². The molecule has 11 heteroatoms. The lowest BCUT2D eigenvalue weighted by atomic mass is 10.0. The topological polar surface area (TPSA) is 174 Å². The van der Waals surface area contributed by atoms with Gasteiger partial charge in [0.25, 0.3) is 0 Å². The van der Waals surface area contributed by atoms with Gasteiger partial charge in [-0.1, -0.05) is 30.3 Å². The summed E-state index contributed by atoms with van der Waals surface area (Å²) in [5.74, 6) is -2.88. The van der Waals surface area contributed by atoms with E-state index in [9.17, 15) is 34.5 Å². The number of phenols is 2. The van der Waals surface area contributed by atoms with E-state index in [1.165, 1.54) is 37.3 Å². The second-order valence-corrected chi connectivity index (χ2v) is 9.54. The quantitative estimate of drug-likeness (QED) is 0.287. The first kappa shape index (κ1) is 28.0. The van der Waals surface area contributed by atoms with E-state index in [1.54, 1.807) is 36.4 Å². The third-order valence-electron chi connectivity index (χ3n) is 6.35. The minimum absolute atomic E-state index is 0.0103. The van der Waals surface area contributed by atoms with Gasteiger partial charge < -0.3 is 36.0 Å². The van der Waals surface area contributed by atoms with Crippen LogP contribution >= 0.6 is 0 Å². The highest BCUT2D eigenvalue weighted by Crippen LogP contribution is 2.32. The van der Waals surface area contributed by atoms with Crippen LogP contribution in [0.2, 0.25) is 0 Å². The van der Waals surface area contributed by atoms with E-state index in [1.807, 2.05) is 0 Å². The van der Waals surface area contributed by atoms with Crippen molar-refractivity contribution >= 4 is 23.7 Å². The van der Waals surface area contributed by atoms with Crippen LogP contribution in [0.3, 0.4) is 0 Å². The fourth-order valence-electron chi connectivity index (χ4n) is 4.38. The maximum absolute atomic E-state index is 13.4. The molecule has 11 nitrogen and oxygen atoms in total. The Kier molecular flexibility index (Phi) is 8.53. The summed E-state index contributed by atoms with van der Waals surface area (Å²) in [6.45, 7) is 1.26. The van der Waals surface area contributed by atoms with E-state index in [0.717, 1.165) is 0 Å². The van der Waals surface area contributed by atoms with Crippen LogP contribution in [0.1, 0.15) is 23.6 Å². The lowest BCUT2D eigenvalue weighted by molar-refractivity contribution is -0.142. The van der Waals surface area contributed by atoms with Gasteiger partial charge >= 0.3 is 5.97 Å². The molecular weight excluding hydrogens is 518 g/mol. The fraction of sp³-hybridized carbons (Fsp3) is 0.241. The Labute approximate surface area is 229 Å². The number of ether oxygens (including phenoxy) is 1. The number of amides is 3. The van der Waals surface area contributed by atoms with Gasteiger partial charge in [0, 0.05) is 26.2 Å². The number of carboxylic acid groups (broad SMARTS) is 1. The summed E-state index contributed by atoms with van der Waals surface area (Å²) in [7, 11) is 0. The van der Waals surface area contributed by atoms with Crippen molar-refractivity contribution in [2.75, 3.05) is 0 Å². The first-order chi connectivity index (χ1) is 19.1. The van der Waals surface area contributed by atoms with E-state index < -0.39 is 41.8 Å². The molecule has 4 bridgehead atoms. The number of carboxylic acids is 1. The van der Waals surface area contributed by atoms with Crippen LogP contribution in [0.4, 0.5) is 0 Å². The van der Waals surface area contributed by atoms with Gasteiger partial charge in [-0.2, -0.15) is 0 Å². The third-order valence-corrected chi connectivity index (χ3v) is 6.35. The van der Waals surface area contributed by atoms with Crippen LogP contribution in [-0.4, -0.2) is 57.1 Å². The Balaban J connectivity index is 1.75. The number of aliphatic carboxylic acids is 1. The zero-order valence-electron chi connectivity index (χ0n) is 21.6. The highest BCUT2D eigenvalue weighted by atomic mass is 16.5. The van der Waals surface area contributed by atoms with Gasteiger partial charge in [0.15, 0.2) is 11.5 Å². The van der Waals surface area contributed by atoms with Crippen molar-refractivity contribution in [2.45, 2.75) is 44.3 Å². The molecule has 0 radical (unpaired) electrons. The Morgan fingerprint density at radius 1 is 0.925 bits per heavy atom. The van der Waals surface area contributed by atoms with Gasteiger partial charge in [-0.25, -0.2) is 4.79 Å². The number of aromatic hydroxyl groups is 2. The first-order valence-electron chi connectivity index (χ1n) is 12.5. The molecule has 3 atom stereocenters. The van der Waals surface area contributed by atoms with Crippen LogP contribution in [0.25, 0.3) is 0 Å². The lowest BCUT2D eigenvalue weighted by Crippen LogP contribution is -2.57. The van der Waals surface area contributed by atoms with Crippen LogP contribution in [0.5, 0.6) is 23.0 Å². The second kappa shape index (κ2) is 12.2. The number of benzene rings is 3. The summed E-state index contributed by atoms with van der Waals surface area (Å²) in [6, 6.07) is 13.5. The van der Waals surface area contributed by atoms with Gasteiger partial charge in [-0.05, 0) is 53.1 Å². The summed E-state index contributed by atoms with van der Waals surface area (Å²) < 4.78 is 5.85. The molecule has 0 aromatic heterocycles. The SMILES string of the molecule is CC(=O)NC1Cc2cccc(c2)Oc2cc(ccc2O)CC(C(=O)O)NC(=O)C(Cc2ccc(O)cc2)NC1=O. The minimum atomic E-state index is -1.37. The van der Waals surface area contributed by atoms with E-state index >= 15 is 0 Å². The molecule has 0 fully saturated rings. The smallest absolute Gasteiger partial charge is 0.326 e. The van der Waals surface area contributed by atoms with Crippen molar-refractivity contribution in [2.24, 2.45) is 0 Å². The van der Waals surface area contributed by atoms with Crippen molar-refractivity contribution in [1.82, 2.24) is 16.0 Å². The maximum atomic E-state index is 13.4. The molecule has 3 unspecified atom stereocenters. The summed E-state index contributed by atoms with van der Waals surface area (Å²) in [6.07, 6.45) is -0.0876. The van der Waals surface area contributed by atoms with E-state index in [-0.39, 0.29) is 36.5 Å². The summed E-state index contributed by atoms with van der Waals surface area (Å²) >= 11 is 0.